The first-order valence-electron chi connectivity index (χ1n) is 10.4. The lowest BCUT2D eigenvalue weighted by atomic mass is 10.2. The molecule has 1 amide bonds. The van der Waals surface area contributed by atoms with Crippen molar-refractivity contribution >= 4 is 46.2 Å². The van der Waals surface area contributed by atoms with Gasteiger partial charge in [0.25, 0.3) is 5.91 Å². The number of nitrogens with zero attached hydrogens (tertiary/aromatic N) is 2. The van der Waals surface area contributed by atoms with Gasteiger partial charge in [-0.15, -0.1) is 0 Å². The summed E-state index contributed by atoms with van der Waals surface area (Å²) in [4.78, 5) is 20.1. The maximum atomic E-state index is 13.2. The summed E-state index contributed by atoms with van der Waals surface area (Å²) >= 11 is 7.75. The Balaban J connectivity index is 1.63. The maximum absolute atomic E-state index is 13.2. The molecule has 7 heteroatoms. The minimum Gasteiger partial charge on any atom is -0.489 e. The van der Waals surface area contributed by atoms with Crippen LogP contribution >= 0.6 is 23.4 Å². The molecule has 2 heterocycles. The molecule has 0 unspecified atom stereocenters. The van der Waals surface area contributed by atoms with E-state index in [1.165, 1.54) is 11.8 Å². The summed E-state index contributed by atoms with van der Waals surface area (Å²) in [5, 5.41) is 1.12. The number of amidine groups is 1. The van der Waals surface area contributed by atoms with Crippen molar-refractivity contribution in [2.24, 2.45) is 4.99 Å². The molecule has 1 fully saturated rings. The zero-order chi connectivity index (χ0) is 22.5. The van der Waals surface area contributed by atoms with E-state index in [1.807, 2.05) is 67.6 Å². The van der Waals surface area contributed by atoms with Gasteiger partial charge < -0.3 is 9.15 Å². The third-order valence-electron chi connectivity index (χ3n) is 4.92. The molecule has 0 saturated carbocycles. The van der Waals surface area contributed by atoms with Gasteiger partial charge >= 0.3 is 0 Å². The van der Waals surface area contributed by atoms with Gasteiger partial charge in [-0.05, 0) is 73.1 Å². The second-order valence-electron chi connectivity index (χ2n) is 7.34. The normalized spacial score (nSPS) is 17.3. The standard InChI is InChI=1S/C25H23ClN2O3S/c1-3-17(2)31-22-12-11-18(14-21(22)26)15-23-24(29)28(16-20-10-7-13-30-20)25(32-23)27-19-8-5-4-6-9-19/h4-15,17H,3,16H2,1-2H3/b23-15-,27-25?/t17-/m0/s1. The van der Waals surface area contributed by atoms with E-state index in [-0.39, 0.29) is 12.0 Å². The average Bonchev–Trinajstić information content (AvgIpc) is 3.41. The minimum atomic E-state index is -0.128. The van der Waals surface area contributed by atoms with Crippen LogP contribution in [0, 0.1) is 0 Å². The Bertz CT molecular complexity index is 1140. The zero-order valence-corrected chi connectivity index (χ0v) is 19.4. The number of benzene rings is 2. The third-order valence-corrected chi connectivity index (χ3v) is 6.22. The maximum Gasteiger partial charge on any atom is 0.267 e. The summed E-state index contributed by atoms with van der Waals surface area (Å²) in [5.41, 5.74) is 1.60. The molecule has 1 aliphatic rings. The van der Waals surface area contributed by atoms with E-state index in [2.05, 4.69) is 6.92 Å². The molecule has 32 heavy (non-hydrogen) atoms. The zero-order valence-electron chi connectivity index (χ0n) is 17.8. The number of furan rings is 1. The number of ether oxygens (including phenoxy) is 1. The largest absolute Gasteiger partial charge is 0.489 e. The van der Waals surface area contributed by atoms with E-state index in [1.54, 1.807) is 17.2 Å². The van der Waals surface area contributed by atoms with Crippen LogP contribution in [0.25, 0.3) is 6.08 Å². The first-order valence-corrected chi connectivity index (χ1v) is 11.6. The van der Waals surface area contributed by atoms with Crippen LogP contribution in [0.3, 0.4) is 0 Å². The van der Waals surface area contributed by atoms with Gasteiger partial charge in [-0.25, -0.2) is 4.99 Å². The molecule has 1 atom stereocenters. The van der Waals surface area contributed by atoms with Gasteiger partial charge in [-0.2, -0.15) is 0 Å². The Kier molecular flexibility index (Phi) is 7.02. The highest BCUT2D eigenvalue weighted by Crippen LogP contribution is 2.36. The number of thioether (sulfide) groups is 1. The van der Waals surface area contributed by atoms with Crippen molar-refractivity contribution in [3.05, 3.63) is 88.2 Å². The number of hydrogen-bond donors (Lipinski definition) is 0. The highest BCUT2D eigenvalue weighted by atomic mass is 35.5. The Morgan fingerprint density at radius 1 is 1.19 bits per heavy atom. The monoisotopic (exact) mass is 466 g/mol. The van der Waals surface area contributed by atoms with E-state index in [0.717, 1.165) is 17.7 Å². The second kappa shape index (κ2) is 10.1. The van der Waals surface area contributed by atoms with E-state index in [4.69, 9.17) is 25.7 Å². The first-order chi connectivity index (χ1) is 15.5. The van der Waals surface area contributed by atoms with Crippen molar-refractivity contribution in [3.63, 3.8) is 0 Å². The van der Waals surface area contributed by atoms with E-state index >= 15 is 0 Å². The summed E-state index contributed by atoms with van der Waals surface area (Å²) < 4.78 is 11.3. The molecule has 0 radical (unpaired) electrons. The summed E-state index contributed by atoms with van der Waals surface area (Å²) in [7, 11) is 0. The topological polar surface area (TPSA) is 55.0 Å². The number of carbonyl (C=O) groups excluding carboxylic acids is 1. The molecule has 0 bridgehead atoms. The molecule has 0 aliphatic carbocycles. The average molecular weight is 467 g/mol. The van der Waals surface area contributed by atoms with Gasteiger partial charge in [0.15, 0.2) is 5.17 Å². The fourth-order valence-corrected chi connectivity index (χ4v) is 4.29. The van der Waals surface area contributed by atoms with Crippen molar-refractivity contribution in [2.75, 3.05) is 0 Å². The molecule has 1 aromatic heterocycles. The number of aliphatic imine (C=N–C) groups is 1. The van der Waals surface area contributed by atoms with Crippen LogP contribution in [0.1, 0.15) is 31.6 Å². The Labute approximate surface area is 196 Å². The van der Waals surface area contributed by atoms with Gasteiger partial charge in [0.1, 0.15) is 11.5 Å². The fraction of sp³-hybridized carbons (Fsp3) is 0.200. The van der Waals surface area contributed by atoms with E-state index < -0.39 is 0 Å². The molecule has 1 saturated heterocycles. The summed E-state index contributed by atoms with van der Waals surface area (Å²) in [6.07, 6.45) is 4.39. The predicted molar refractivity (Wildman–Crippen MR) is 130 cm³/mol. The molecule has 0 N–H and O–H groups in total. The van der Waals surface area contributed by atoms with Crippen LogP contribution in [0.15, 0.2) is 81.2 Å². The van der Waals surface area contributed by atoms with E-state index in [0.29, 0.717) is 33.1 Å². The van der Waals surface area contributed by atoms with Crippen LogP contribution in [0.5, 0.6) is 5.75 Å². The number of rotatable bonds is 7. The molecule has 5 nitrogen and oxygen atoms in total. The minimum absolute atomic E-state index is 0.0792. The third kappa shape index (κ3) is 5.26. The molecular weight excluding hydrogens is 444 g/mol. The van der Waals surface area contributed by atoms with Crippen molar-refractivity contribution in [1.29, 1.82) is 0 Å². The highest BCUT2D eigenvalue weighted by molar-refractivity contribution is 8.18. The van der Waals surface area contributed by atoms with Crippen LogP contribution in [-0.2, 0) is 11.3 Å². The van der Waals surface area contributed by atoms with Gasteiger partial charge in [-0.3, -0.25) is 9.69 Å². The van der Waals surface area contributed by atoms with Crippen LogP contribution < -0.4 is 4.74 Å². The van der Waals surface area contributed by atoms with Crippen molar-refractivity contribution in [3.8, 4) is 5.75 Å². The summed E-state index contributed by atoms with van der Waals surface area (Å²) in [6.45, 7) is 4.37. The predicted octanol–water partition coefficient (Wildman–Crippen LogP) is 6.91. The first kappa shape index (κ1) is 22.2. The Morgan fingerprint density at radius 2 is 2.00 bits per heavy atom. The van der Waals surface area contributed by atoms with Crippen LogP contribution in [-0.4, -0.2) is 22.1 Å². The quantitative estimate of drug-likeness (QED) is 0.355. The smallest absolute Gasteiger partial charge is 0.267 e. The summed E-state index contributed by atoms with van der Waals surface area (Å²) in [5.74, 6) is 1.20. The fourth-order valence-electron chi connectivity index (χ4n) is 3.06. The molecule has 2 aromatic carbocycles. The van der Waals surface area contributed by atoms with Crippen molar-refractivity contribution < 1.29 is 13.9 Å². The lowest BCUT2D eigenvalue weighted by Gasteiger charge is -2.14. The van der Waals surface area contributed by atoms with Crippen molar-refractivity contribution in [2.45, 2.75) is 32.9 Å². The van der Waals surface area contributed by atoms with Crippen molar-refractivity contribution in [1.82, 2.24) is 4.90 Å². The van der Waals surface area contributed by atoms with Gasteiger partial charge in [0.05, 0.1) is 34.5 Å². The Hall–Kier alpha value is -2.96. The molecule has 164 valence electrons. The Morgan fingerprint density at radius 3 is 2.69 bits per heavy atom. The number of para-hydroxylation sites is 1. The molecular formula is C25H23ClN2O3S. The number of hydrogen-bond acceptors (Lipinski definition) is 5. The van der Waals surface area contributed by atoms with Gasteiger partial charge in [-0.1, -0.05) is 42.8 Å². The van der Waals surface area contributed by atoms with E-state index in [9.17, 15) is 4.79 Å². The van der Waals surface area contributed by atoms with Gasteiger partial charge in [0, 0.05) is 0 Å². The molecule has 0 spiro atoms. The molecule has 4 rings (SSSR count). The SMILES string of the molecule is CC[C@H](C)Oc1ccc(/C=C2\SC(=Nc3ccccc3)N(Cc3ccco3)C2=O)cc1Cl. The second-order valence-corrected chi connectivity index (χ2v) is 8.75. The molecule has 3 aromatic rings. The number of halogens is 1. The number of carbonyl (C=O) groups is 1. The van der Waals surface area contributed by atoms with Crippen LogP contribution in [0.2, 0.25) is 5.02 Å². The van der Waals surface area contributed by atoms with Gasteiger partial charge in [0.2, 0.25) is 0 Å². The lowest BCUT2D eigenvalue weighted by molar-refractivity contribution is -0.122. The molecule has 1 aliphatic heterocycles. The summed E-state index contributed by atoms with van der Waals surface area (Å²) in [6, 6.07) is 18.8. The number of amides is 1. The van der Waals surface area contributed by atoms with Crippen LogP contribution in [0.4, 0.5) is 5.69 Å². The lowest BCUT2D eigenvalue weighted by Crippen LogP contribution is -2.28. The highest BCUT2D eigenvalue weighted by Gasteiger charge is 2.34.